The minimum Gasteiger partial charge on any atom is -0.452 e. The highest BCUT2D eigenvalue weighted by Crippen LogP contribution is 2.36. The summed E-state index contributed by atoms with van der Waals surface area (Å²) < 4.78 is 45.9. The van der Waals surface area contributed by atoms with E-state index in [1.807, 2.05) is 0 Å². The van der Waals surface area contributed by atoms with Crippen molar-refractivity contribution in [1.82, 2.24) is 14.6 Å². The van der Waals surface area contributed by atoms with Gasteiger partial charge in [-0.15, -0.1) is 5.10 Å². The summed E-state index contributed by atoms with van der Waals surface area (Å²) in [5.41, 5.74) is -0.109. The number of rotatable bonds is 3. The van der Waals surface area contributed by atoms with Crippen LogP contribution in [0.15, 0.2) is 42.6 Å². The van der Waals surface area contributed by atoms with E-state index in [0.29, 0.717) is 11.2 Å². The zero-order valence-electron chi connectivity index (χ0n) is 14.2. The lowest BCUT2D eigenvalue weighted by Gasteiger charge is -2.12. The Bertz CT molecular complexity index is 1080. The smallest absolute Gasteiger partial charge is 0.417 e. The summed E-state index contributed by atoms with van der Waals surface area (Å²) >= 11 is 0. The quantitative estimate of drug-likeness (QED) is 0.695. The molecule has 1 aliphatic rings. The number of benzene rings is 1. The van der Waals surface area contributed by atoms with Crippen molar-refractivity contribution in [1.29, 1.82) is 0 Å². The van der Waals surface area contributed by atoms with Crippen molar-refractivity contribution in [2.24, 2.45) is 0 Å². The molecule has 1 aliphatic heterocycles. The number of hydrogen-bond donors (Lipinski definition) is 1. The number of nitrogens with one attached hydrogen (secondary N) is 1. The van der Waals surface area contributed by atoms with Crippen LogP contribution in [-0.2, 0) is 20.5 Å². The van der Waals surface area contributed by atoms with Gasteiger partial charge in [0.1, 0.15) is 0 Å². The van der Waals surface area contributed by atoms with Gasteiger partial charge in [-0.25, -0.2) is 4.52 Å². The molecule has 3 aromatic rings. The summed E-state index contributed by atoms with van der Waals surface area (Å²) in [5.74, 6) is -1.03. The van der Waals surface area contributed by atoms with Crippen LogP contribution < -0.4 is 5.32 Å². The van der Waals surface area contributed by atoms with E-state index in [0.717, 1.165) is 6.07 Å². The second kappa shape index (κ2) is 6.63. The Hall–Kier alpha value is -3.43. The number of carbonyl (C=O) groups is 2. The molecule has 144 valence electrons. The zero-order valence-corrected chi connectivity index (χ0v) is 14.2. The number of aromatic nitrogens is 3. The lowest BCUT2D eigenvalue weighted by molar-refractivity contribution is -0.146. The van der Waals surface area contributed by atoms with E-state index in [1.54, 1.807) is 0 Å². The fourth-order valence-corrected chi connectivity index (χ4v) is 2.98. The molecule has 1 aromatic carbocycles. The Morgan fingerprint density at radius 2 is 2.00 bits per heavy atom. The molecule has 3 heterocycles. The topological polar surface area (TPSA) is 85.6 Å². The monoisotopic (exact) mass is 390 g/mol. The summed E-state index contributed by atoms with van der Waals surface area (Å²) in [6, 6.07) is 8.22. The molecule has 1 saturated heterocycles. The number of amides is 1. The van der Waals surface area contributed by atoms with E-state index in [4.69, 9.17) is 4.74 Å². The Balaban J connectivity index is 1.63. The maximum absolute atomic E-state index is 13.3. The van der Waals surface area contributed by atoms with Crippen LogP contribution in [0.5, 0.6) is 0 Å². The highest BCUT2D eigenvalue weighted by Gasteiger charge is 2.33. The third-order valence-corrected chi connectivity index (χ3v) is 4.29. The van der Waals surface area contributed by atoms with Crippen molar-refractivity contribution in [3.8, 4) is 11.1 Å². The SMILES string of the molecule is O=C1CC[C@@H](C(=O)Nc2nc3ccc(-c4ccccc4C(F)(F)F)cn3n2)O1. The van der Waals surface area contributed by atoms with Gasteiger partial charge in [0.05, 0.1) is 5.56 Å². The van der Waals surface area contributed by atoms with Crippen LogP contribution in [0.4, 0.5) is 19.1 Å². The number of pyridine rings is 1. The Morgan fingerprint density at radius 3 is 2.71 bits per heavy atom. The number of nitrogens with zero attached hydrogens (tertiary/aromatic N) is 3. The molecule has 2 aromatic heterocycles. The first-order valence-electron chi connectivity index (χ1n) is 8.34. The molecule has 0 aliphatic carbocycles. The predicted octanol–water partition coefficient (Wildman–Crippen LogP) is 3.06. The van der Waals surface area contributed by atoms with E-state index in [1.165, 1.54) is 41.0 Å². The van der Waals surface area contributed by atoms with Crippen molar-refractivity contribution < 1.29 is 27.5 Å². The first-order valence-corrected chi connectivity index (χ1v) is 8.34. The number of fused-ring (bicyclic) bond motifs is 1. The largest absolute Gasteiger partial charge is 0.452 e. The summed E-state index contributed by atoms with van der Waals surface area (Å²) in [5, 5.41) is 6.52. The molecule has 1 fully saturated rings. The predicted molar refractivity (Wildman–Crippen MR) is 91.2 cm³/mol. The number of cyclic esters (lactones) is 1. The lowest BCUT2D eigenvalue weighted by Crippen LogP contribution is -2.27. The van der Waals surface area contributed by atoms with Gasteiger partial charge >= 0.3 is 12.1 Å². The third kappa shape index (κ3) is 3.40. The van der Waals surface area contributed by atoms with E-state index in [-0.39, 0.29) is 24.4 Å². The van der Waals surface area contributed by atoms with Crippen LogP contribution in [0.2, 0.25) is 0 Å². The second-order valence-corrected chi connectivity index (χ2v) is 6.21. The molecular formula is C18H13F3N4O3. The summed E-state index contributed by atoms with van der Waals surface area (Å²) in [6.07, 6.45) is -3.55. The number of ether oxygens (including phenoxy) is 1. The molecule has 1 atom stereocenters. The van der Waals surface area contributed by atoms with Crippen molar-refractivity contribution >= 4 is 23.5 Å². The standard InChI is InChI=1S/C18H13F3N4O3/c19-18(20,21)12-4-2-1-3-11(12)10-5-7-14-22-17(24-25(14)9-10)23-16(27)13-6-8-15(26)28-13/h1-5,7,9,13H,6,8H2,(H,23,24,27)/t13-/m0/s1. The van der Waals surface area contributed by atoms with E-state index in [2.05, 4.69) is 15.4 Å². The molecular weight excluding hydrogens is 377 g/mol. The molecule has 4 rings (SSSR count). The highest BCUT2D eigenvalue weighted by molar-refractivity contribution is 5.95. The van der Waals surface area contributed by atoms with Crippen LogP contribution in [-0.4, -0.2) is 32.6 Å². The molecule has 0 radical (unpaired) electrons. The van der Waals surface area contributed by atoms with Crippen molar-refractivity contribution in [3.05, 3.63) is 48.2 Å². The number of esters is 1. The third-order valence-electron chi connectivity index (χ3n) is 4.29. The lowest BCUT2D eigenvalue weighted by atomic mass is 10.0. The molecule has 0 bridgehead atoms. The average molecular weight is 390 g/mol. The summed E-state index contributed by atoms with van der Waals surface area (Å²) in [4.78, 5) is 27.3. The zero-order chi connectivity index (χ0) is 19.9. The van der Waals surface area contributed by atoms with Gasteiger partial charge in [0, 0.05) is 24.6 Å². The average Bonchev–Trinajstić information content (AvgIpc) is 3.26. The van der Waals surface area contributed by atoms with E-state index >= 15 is 0 Å². The molecule has 1 amide bonds. The van der Waals surface area contributed by atoms with Crippen LogP contribution in [0.25, 0.3) is 16.8 Å². The molecule has 1 N–H and O–H groups in total. The van der Waals surface area contributed by atoms with Gasteiger partial charge in [0.15, 0.2) is 11.8 Å². The minimum absolute atomic E-state index is 0.0100. The minimum atomic E-state index is -4.49. The normalized spacial score (nSPS) is 17.0. The molecule has 0 unspecified atom stereocenters. The number of alkyl halides is 3. The highest BCUT2D eigenvalue weighted by atomic mass is 19.4. The van der Waals surface area contributed by atoms with E-state index in [9.17, 15) is 22.8 Å². The Morgan fingerprint density at radius 1 is 1.21 bits per heavy atom. The number of halogens is 3. The number of anilines is 1. The molecule has 0 saturated carbocycles. The van der Waals surface area contributed by atoms with Crippen LogP contribution in [0.3, 0.4) is 0 Å². The van der Waals surface area contributed by atoms with Gasteiger partial charge in [0.2, 0.25) is 5.95 Å². The van der Waals surface area contributed by atoms with Crippen molar-refractivity contribution in [2.45, 2.75) is 25.1 Å². The molecule has 0 spiro atoms. The van der Waals surface area contributed by atoms with Gasteiger partial charge in [-0.2, -0.15) is 18.2 Å². The van der Waals surface area contributed by atoms with Gasteiger partial charge in [-0.1, -0.05) is 18.2 Å². The van der Waals surface area contributed by atoms with Gasteiger partial charge in [-0.3, -0.25) is 14.9 Å². The molecule has 28 heavy (non-hydrogen) atoms. The van der Waals surface area contributed by atoms with Gasteiger partial charge in [-0.05, 0) is 23.8 Å². The summed E-state index contributed by atoms with van der Waals surface area (Å²) in [7, 11) is 0. The van der Waals surface area contributed by atoms with Crippen LogP contribution >= 0.6 is 0 Å². The fourth-order valence-electron chi connectivity index (χ4n) is 2.98. The number of carbonyl (C=O) groups excluding carboxylic acids is 2. The van der Waals surface area contributed by atoms with Gasteiger partial charge < -0.3 is 4.74 Å². The Labute approximate surface area is 156 Å². The second-order valence-electron chi connectivity index (χ2n) is 6.21. The fraction of sp³-hybridized carbons (Fsp3) is 0.222. The van der Waals surface area contributed by atoms with Crippen LogP contribution in [0, 0.1) is 0 Å². The maximum Gasteiger partial charge on any atom is 0.417 e. The summed E-state index contributed by atoms with van der Waals surface area (Å²) in [6.45, 7) is 0. The van der Waals surface area contributed by atoms with Crippen molar-refractivity contribution in [3.63, 3.8) is 0 Å². The molecule has 7 nitrogen and oxygen atoms in total. The first kappa shape index (κ1) is 18.0. The number of hydrogen-bond acceptors (Lipinski definition) is 5. The van der Waals surface area contributed by atoms with Crippen molar-refractivity contribution in [2.75, 3.05) is 5.32 Å². The molecule has 10 heteroatoms. The van der Waals surface area contributed by atoms with E-state index < -0.39 is 29.7 Å². The van der Waals surface area contributed by atoms with Gasteiger partial charge in [0.25, 0.3) is 5.91 Å². The first-order chi connectivity index (χ1) is 13.3. The Kier molecular flexibility index (Phi) is 4.25. The maximum atomic E-state index is 13.3. The van der Waals surface area contributed by atoms with Crippen LogP contribution in [0.1, 0.15) is 18.4 Å².